The first-order chi connectivity index (χ1) is 17.4. The van der Waals surface area contributed by atoms with Gasteiger partial charge in [-0.05, 0) is 60.8 Å². The van der Waals surface area contributed by atoms with Crippen molar-refractivity contribution in [3.05, 3.63) is 58.2 Å². The average Bonchev–Trinajstić information content (AvgIpc) is 3.30. The number of hydrogen-bond donors (Lipinski definition) is 2. The zero-order valence-corrected chi connectivity index (χ0v) is 22.0. The van der Waals surface area contributed by atoms with Gasteiger partial charge in [0.2, 0.25) is 0 Å². The van der Waals surface area contributed by atoms with E-state index in [-0.39, 0.29) is 38.9 Å². The number of carboxylic acids is 1. The Morgan fingerprint density at radius 1 is 1.22 bits per heavy atom. The molecule has 0 unspecified atom stereocenters. The van der Waals surface area contributed by atoms with Crippen LogP contribution in [0.5, 0.6) is 5.75 Å². The first-order valence-electron chi connectivity index (χ1n) is 11.6. The summed E-state index contributed by atoms with van der Waals surface area (Å²) >= 11 is 1.94. The summed E-state index contributed by atoms with van der Waals surface area (Å²) in [4.78, 5) is 15.5. The Hall–Kier alpha value is -2.79. The van der Waals surface area contributed by atoms with Gasteiger partial charge in [-0.15, -0.1) is 11.3 Å². The number of rotatable bonds is 7. The Labute approximate surface area is 220 Å². The monoisotopic (exact) mass is 554 g/mol. The highest BCUT2D eigenvalue weighted by Gasteiger charge is 2.36. The van der Waals surface area contributed by atoms with E-state index in [1.165, 1.54) is 25.3 Å². The van der Waals surface area contributed by atoms with Crippen molar-refractivity contribution >= 4 is 34.9 Å². The predicted molar refractivity (Wildman–Crippen MR) is 137 cm³/mol. The lowest BCUT2D eigenvalue weighted by Gasteiger charge is -2.34. The van der Waals surface area contributed by atoms with Crippen molar-refractivity contribution in [3.63, 3.8) is 0 Å². The van der Waals surface area contributed by atoms with Crippen molar-refractivity contribution < 1.29 is 32.2 Å². The van der Waals surface area contributed by atoms with Gasteiger partial charge in [0.15, 0.2) is 5.82 Å². The molecule has 37 heavy (non-hydrogen) atoms. The molecule has 3 aromatic rings. The van der Waals surface area contributed by atoms with Crippen LogP contribution in [0.1, 0.15) is 66.9 Å². The van der Waals surface area contributed by atoms with Gasteiger partial charge < -0.3 is 14.6 Å². The molecule has 0 saturated heterocycles. The molecule has 11 heteroatoms. The van der Waals surface area contributed by atoms with E-state index in [2.05, 4.69) is 23.6 Å². The number of anilines is 1. The van der Waals surface area contributed by atoms with Crippen LogP contribution in [0.4, 0.5) is 23.2 Å². The van der Waals surface area contributed by atoms with E-state index < -0.39 is 23.5 Å². The van der Waals surface area contributed by atoms with Crippen LogP contribution in [0, 0.1) is 11.2 Å². The number of hydrogen-bond acceptors (Lipinski definition) is 6. The Morgan fingerprint density at radius 3 is 2.54 bits per heavy atom. The Kier molecular flexibility index (Phi) is 7.75. The number of ether oxygens (including phenoxy) is 1. The van der Waals surface area contributed by atoms with Crippen molar-refractivity contribution in [2.24, 2.45) is 5.41 Å². The lowest BCUT2D eigenvalue weighted by molar-refractivity contribution is -0.137. The van der Waals surface area contributed by atoms with Gasteiger partial charge in [-0.3, -0.25) is 0 Å². The molecule has 2 aromatic carbocycles. The average molecular weight is 555 g/mol. The normalized spacial score (nSPS) is 16.0. The lowest BCUT2D eigenvalue weighted by atomic mass is 9.71. The summed E-state index contributed by atoms with van der Waals surface area (Å²) in [6.07, 6.45) is -0.864. The van der Waals surface area contributed by atoms with Gasteiger partial charge in [0, 0.05) is 22.9 Å². The largest absolute Gasteiger partial charge is 0.494 e. The molecular formula is C26H26F4N2O3S2. The van der Waals surface area contributed by atoms with Crippen molar-refractivity contribution in [1.29, 1.82) is 0 Å². The van der Waals surface area contributed by atoms with Crippen LogP contribution in [0.2, 0.25) is 0 Å². The van der Waals surface area contributed by atoms with E-state index in [4.69, 9.17) is 9.84 Å². The SMILES string of the molecule is COc1cc(C(=O)O)cc(F)c1NSc1csc(-c2ccc(C3CCC(C)(C)CC3)cc2C(F)(F)F)n1. The van der Waals surface area contributed by atoms with Crippen molar-refractivity contribution in [3.8, 4) is 16.3 Å². The highest BCUT2D eigenvalue weighted by molar-refractivity contribution is 8.00. The summed E-state index contributed by atoms with van der Waals surface area (Å²) in [7, 11) is 1.27. The van der Waals surface area contributed by atoms with Crippen LogP contribution in [-0.4, -0.2) is 23.2 Å². The fraction of sp³-hybridized carbons (Fsp3) is 0.385. The first kappa shape index (κ1) is 27.3. The molecule has 1 saturated carbocycles. The molecule has 1 heterocycles. The molecule has 1 aliphatic carbocycles. The highest BCUT2D eigenvalue weighted by Crippen LogP contribution is 2.45. The second kappa shape index (κ2) is 10.5. The van der Waals surface area contributed by atoms with Crippen molar-refractivity contribution in [2.45, 2.75) is 56.7 Å². The van der Waals surface area contributed by atoms with Crippen LogP contribution >= 0.6 is 23.3 Å². The predicted octanol–water partition coefficient (Wildman–Crippen LogP) is 8.48. The minimum atomic E-state index is -4.54. The summed E-state index contributed by atoms with van der Waals surface area (Å²) in [5.41, 5.74) is -0.169. The molecular weight excluding hydrogens is 528 g/mol. The number of carboxylic acid groups (broad SMARTS) is 1. The number of halogens is 4. The van der Waals surface area contributed by atoms with Gasteiger partial charge in [0.25, 0.3) is 0 Å². The summed E-state index contributed by atoms with van der Waals surface area (Å²) in [6.45, 7) is 4.38. The second-order valence-corrected chi connectivity index (χ2v) is 11.5. The van der Waals surface area contributed by atoms with E-state index in [1.54, 1.807) is 11.4 Å². The van der Waals surface area contributed by atoms with Crippen LogP contribution in [0.15, 0.2) is 40.7 Å². The van der Waals surface area contributed by atoms with Gasteiger partial charge in [0.1, 0.15) is 21.5 Å². The number of aromatic carboxylic acids is 1. The maximum absolute atomic E-state index is 14.5. The number of carbonyl (C=O) groups is 1. The standard InChI is InChI=1S/C26H26F4N2O3S2/c1-25(2)8-6-14(7-9-25)15-4-5-17(18(10-15)26(28,29)30)23-31-21(13-36-23)37-32-22-19(27)11-16(24(33)34)12-20(22)35-3/h4-5,10-14,32H,6-9H2,1-3H3,(H,33,34). The summed E-state index contributed by atoms with van der Waals surface area (Å²) < 4.78 is 64.5. The molecule has 0 bridgehead atoms. The zero-order chi connectivity index (χ0) is 27.0. The third kappa shape index (κ3) is 6.20. The molecule has 5 nitrogen and oxygen atoms in total. The number of nitrogens with one attached hydrogen (secondary N) is 1. The number of nitrogens with zero attached hydrogens (tertiary/aromatic N) is 1. The molecule has 0 atom stereocenters. The highest BCUT2D eigenvalue weighted by atomic mass is 32.2. The quantitative estimate of drug-likeness (QED) is 0.225. The van der Waals surface area contributed by atoms with Crippen LogP contribution in [0.3, 0.4) is 0 Å². The van der Waals surface area contributed by atoms with Crippen LogP contribution in [0.25, 0.3) is 10.6 Å². The fourth-order valence-corrected chi connectivity index (χ4v) is 6.12. The molecule has 198 valence electrons. The molecule has 0 radical (unpaired) electrons. The number of aromatic nitrogens is 1. The topological polar surface area (TPSA) is 71.5 Å². The molecule has 0 spiro atoms. The van der Waals surface area contributed by atoms with Crippen LogP contribution in [-0.2, 0) is 6.18 Å². The van der Waals surface area contributed by atoms with E-state index >= 15 is 0 Å². The Morgan fingerprint density at radius 2 is 1.92 bits per heavy atom. The third-order valence-electron chi connectivity index (χ3n) is 6.65. The number of alkyl halides is 3. The smallest absolute Gasteiger partial charge is 0.417 e. The van der Waals surface area contributed by atoms with Gasteiger partial charge in [-0.1, -0.05) is 26.0 Å². The summed E-state index contributed by atoms with van der Waals surface area (Å²) in [6, 6.07) is 6.54. The maximum Gasteiger partial charge on any atom is 0.417 e. The minimum absolute atomic E-state index is 0.00110. The van der Waals surface area contributed by atoms with Gasteiger partial charge >= 0.3 is 12.1 Å². The molecule has 1 fully saturated rings. The zero-order valence-electron chi connectivity index (χ0n) is 20.4. The van der Waals surface area contributed by atoms with Gasteiger partial charge in [0.05, 0.1) is 18.2 Å². The number of benzene rings is 2. The lowest BCUT2D eigenvalue weighted by Crippen LogP contribution is -2.20. The van der Waals surface area contributed by atoms with E-state index in [9.17, 15) is 22.4 Å². The molecule has 1 aliphatic rings. The van der Waals surface area contributed by atoms with Crippen molar-refractivity contribution in [1.82, 2.24) is 4.98 Å². The van der Waals surface area contributed by atoms with Crippen LogP contribution < -0.4 is 9.46 Å². The molecule has 1 aromatic heterocycles. The molecule has 0 aliphatic heterocycles. The van der Waals surface area contributed by atoms with E-state index in [0.717, 1.165) is 55.0 Å². The number of thiazole rings is 1. The second-order valence-electron chi connectivity index (χ2n) is 9.78. The molecule has 2 N–H and O–H groups in total. The van der Waals surface area contributed by atoms with Gasteiger partial charge in [-0.25, -0.2) is 14.2 Å². The Bertz CT molecular complexity index is 1300. The fourth-order valence-electron chi connectivity index (χ4n) is 4.47. The van der Waals surface area contributed by atoms with E-state index in [1.807, 2.05) is 0 Å². The minimum Gasteiger partial charge on any atom is -0.494 e. The Balaban J connectivity index is 1.56. The van der Waals surface area contributed by atoms with Gasteiger partial charge in [-0.2, -0.15) is 13.2 Å². The van der Waals surface area contributed by atoms with E-state index in [0.29, 0.717) is 10.6 Å². The molecule has 4 rings (SSSR count). The number of methoxy groups -OCH3 is 1. The molecule has 0 amide bonds. The third-order valence-corrected chi connectivity index (χ3v) is 8.40. The summed E-state index contributed by atoms with van der Waals surface area (Å²) in [5.74, 6) is -2.08. The summed E-state index contributed by atoms with van der Waals surface area (Å²) in [5, 5.41) is 11.2. The first-order valence-corrected chi connectivity index (χ1v) is 13.3. The maximum atomic E-state index is 14.5. The van der Waals surface area contributed by atoms with Crippen molar-refractivity contribution in [2.75, 3.05) is 11.8 Å².